The van der Waals surface area contributed by atoms with Crippen LogP contribution in [0.2, 0.25) is 0 Å². The molecule has 0 bridgehead atoms. The van der Waals surface area contributed by atoms with Crippen LogP contribution in [0.15, 0.2) is 16.8 Å². The van der Waals surface area contributed by atoms with Gasteiger partial charge in [0.05, 0.1) is 11.8 Å². The van der Waals surface area contributed by atoms with Crippen LogP contribution in [-0.4, -0.2) is 37.8 Å². The fourth-order valence-electron chi connectivity index (χ4n) is 3.42. The van der Waals surface area contributed by atoms with Gasteiger partial charge in [0.1, 0.15) is 0 Å². The average Bonchev–Trinajstić information content (AvgIpc) is 3.08. The van der Waals surface area contributed by atoms with Crippen molar-refractivity contribution in [1.82, 2.24) is 30.1 Å². The standard InChI is InChI=1S/C17H22N6O/c1-11-8-12(2)23-17(20-11)14(10-19-23)16-21-15(24-22-16)9-13-4-3-6-18-7-5-13/h8,10,13,18H,3-7,9H2,1-2H3. The molecule has 1 fully saturated rings. The number of rotatable bonds is 3. The molecular formula is C17H22N6O. The summed E-state index contributed by atoms with van der Waals surface area (Å²) in [6, 6.07) is 2.01. The van der Waals surface area contributed by atoms with Crippen molar-refractivity contribution in [1.29, 1.82) is 0 Å². The molecule has 0 aromatic carbocycles. The Balaban J connectivity index is 1.60. The van der Waals surface area contributed by atoms with E-state index >= 15 is 0 Å². The fraction of sp³-hybridized carbons (Fsp3) is 0.529. The molecule has 7 nitrogen and oxygen atoms in total. The SMILES string of the molecule is Cc1cc(C)n2ncc(-c3noc(CC4CCCNCC4)n3)c2n1. The summed E-state index contributed by atoms with van der Waals surface area (Å²) in [7, 11) is 0. The third kappa shape index (κ3) is 2.91. The van der Waals surface area contributed by atoms with Crippen LogP contribution in [-0.2, 0) is 6.42 Å². The molecule has 4 heterocycles. The van der Waals surface area contributed by atoms with Crippen LogP contribution in [0.4, 0.5) is 0 Å². The van der Waals surface area contributed by atoms with Crippen molar-refractivity contribution in [3.8, 4) is 11.4 Å². The normalized spacial score (nSPS) is 18.8. The van der Waals surface area contributed by atoms with Crippen LogP contribution >= 0.6 is 0 Å². The van der Waals surface area contributed by atoms with Crippen LogP contribution in [0, 0.1) is 19.8 Å². The second kappa shape index (κ2) is 6.32. The molecule has 1 aliphatic rings. The Morgan fingerprint density at radius 2 is 2.17 bits per heavy atom. The van der Waals surface area contributed by atoms with Crippen molar-refractivity contribution >= 4 is 5.65 Å². The molecule has 1 aliphatic heterocycles. The van der Waals surface area contributed by atoms with Crippen LogP contribution in [0.3, 0.4) is 0 Å². The molecule has 1 saturated heterocycles. The summed E-state index contributed by atoms with van der Waals surface area (Å²) in [6.07, 6.45) is 6.19. The van der Waals surface area contributed by atoms with E-state index < -0.39 is 0 Å². The number of hydrogen-bond donors (Lipinski definition) is 1. The van der Waals surface area contributed by atoms with E-state index in [-0.39, 0.29) is 0 Å². The first-order chi connectivity index (χ1) is 11.7. The molecule has 3 aromatic heterocycles. The van der Waals surface area contributed by atoms with E-state index in [1.807, 2.05) is 24.4 Å². The third-order valence-corrected chi connectivity index (χ3v) is 4.65. The first-order valence-corrected chi connectivity index (χ1v) is 8.56. The topological polar surface area (TPSA) is 81.1 Å². The zero-order chi connectivity index (χ0) is 16.5. The van der Waals surface area contributed by atoms with Gasteiger partial charge < -0.3 is 9.84 Å². The van der Waals surface area contributed by atoms with Crippen molar-refractivity contribution in [3.63, 3.8) is 0 Å². The Labute approximate surface area is 140 Å². The maximum atomic E-state index is 5.50. The summed E-state index contributed by atoms with van der Waals surface area (Å²) in [6.45, 7) is 6.17. The van der Waals surface area contributed by atoms with Crippen molar-refractivity contribution in [2.45, 2.75) is 39.5 Å². The quantitative estimate of drug-likeness (QED) is 0.795. The van der Waals surface area contributed by atoms with Gasteiger partial charge in [-0.1, -0.05) is 5.16 Å². The van der Waals surface area contributed by atoms with Crippen molar-refractivity contribution in [2.24, 2.45) is 5.92 Å². The number of aromatic nitrogens is 5. The third-order valence-electron chi connectivity index (χ3n) is 4.65. The lowest BCUT2D eigenvalue weighted by atomic mass is 9.97. The second-order valence-corrected chi connectivity index (χ2v) is 6.60. The number of nitrogens with one attached hydrogen (secondary N) is 1. The largest absolute Gasteiger partial charge is 0.339 e. The van der Waals surface area contributed by atoms with Gasteiger partial charge in [-0.05, 0) is 58.2 Å². The van der Waals surface area contributed by atoms with Gasteiger partial charge in [-0.3, -0.25) is 0 Å². The molecule has 0 aliphatic carbocycles. The summed E-state index contributed by atoms with van der Waals surface area (Å²) in [5.74, 6) is 1.89. The molecule has 24 heavy (non-hydrogen) atoms. The number of nitrogens with zero attached hydrogens (tertiary/aromatic N) is 5. The molecule has 0 amide bonds. The molecule has 4 rings (SSSR count). The Bertz CT molecular complexity index is 844. The maximum absolute atomic E-state index is 5.50. The maximum Gasteiger partial charge on any atom is 0.227 e. The molecule has 126 valence electrons. The predicted octanol–water partition coefficient (Wildman–Crippen LogP) is 2.33. The summed E-state index contributed by atoms with van der Waals surface area (Å²) >= 11 is 0. The Morgan fingerprint density at radius 1 is 1.25 bits per heavy atom. The highest BCUT2D eigenvalue weighted by Crippen LogP contribution is 2.24. The van der Waals surface area contributed by atoms with Crippen LogP contribution < -0.4 is 5.32 Å². The van der Waals surface area contributed by atoms with Gasteiger partial charge in [-0.25, -0.2) is 9.50 Å². The highest BCUT2D eigenvalue weighted by atomic mass is 16.5. The van der Waals surface area contributed by atoms with E-state index in [1.165, 1.54) is 12.8 Å². The van der Waals surface area contributed by atoms with Crippen molar-refractivity contribution < 1.29 is 4.52 Å². The van der Waals surface area contributed by atoms with Crippen LogP contribution in [0.25, 0.3) is 17.0 Å². The van der Waals surface area contributed by atoms with Gasteiger partial charge in [0, 0.05) is 17.8 Å². The molecule has 0 radical (unpaired) electrons. The summed E-state index contributed by atoms with van der Waals surface area (Å²) < 4.78 is 7.31. The predicted molar refractivity (Wildman–Crippen MR) is 89.7 cm³/mol. The summed E-state index contributed by atoms with van der Waals surface area (Å²) in [4.78, 5) is 9.18. The molecular weight excluding hydrogens is 304 g/mol. The number of fused-ring (bicyclic) bond motifs is 1. The van der Waals surface area contributed by atoms with E-state index in [9.17, 15) is 0 Å². The highest BCUT2D eigenvalue weighted by molar-refractivity contribution is 5.72. The summed E-state index contributed by atoms with van der Waals surface area (Å²) in [5.41, 5.74) is 3.59. The number of aryl methyl sites for hydroxylation is 2. The fourth-order valence-corrected chi connectivity index (χ4v) is 3.42. The molecule has 1 N–H and O–H groups in total. The molecule has 1 unspecified atom stereocenters. The van der Waals surface area contributed by atoms with E-state index in [4.69, 9.17) is 4.52 Å². The highest BCUT2D eigenvalue weighted by Gasteiger charge is 2.19. The van der Waals surface area contributed by atoms with Gasteiger partial charge in [0.25, 0.3) is 0 Å². The first kappa shape index (κ1) is 15.3. The smallest absolute Gasteiger partial charge is 0.227 e. The first-order valence-electron chi connectivity index (χ1n) is 8.56. The summed E-state index contributed by atoms with van der Waals surface area (Å²) in [5, 5.41) is 12.0. The average molecular weight is 326 g/mol. The van der Waals surface area contributed by atoms with Crippen LogP contribution in [0.1, 0.15) is 36.5 Å². The van der Waals surface area contributed by atoms with Crippen molar-refractivity contribution in [2.75, 3.05) is 13.1 Å². The van der Waals surface area contributed by atoms with E-state index in [0.717, 1.165) is 48.5 Å². The molecule has 0 saturated carbocycles. The van der Waals surface area contributed by atoms with E-state index in [0.29, 0.717) is 17.6 Å². The Morgan fingerprint density at radius 3 is 3.08 bits per heavy atom. The number of hydrogen-bond acceptors (Lipinski definition) is 6. The Kier molecular flexibility index (Phi) is 4.02. The lowest BCUT2D eigenvalue weighted by Gasteiger charge is -2.09. The molecule has 0 spiro atoms. The monoisotopic (exact) mass is 326 g/mol. The zero-order valence-corrected chi connectivity index (χ0v) is 14.1. The lowest BCUT2D eigenvalue weighted by molar-refractivity contribution is 0.341. The molecule has 7 heteroatoms. The molecule has 1 atom stereocenters. The minimum absolute atomic E-state index is 0.573. The lowest BCUT2D eigenvalue weighted by Crippen LogP contribution is -2.14. The zero-order valence-electron chi connectivity index (χ0n) is 14.1. The Hall–Kier alpha value is -2.28. The van der Waals surface area contributed by atoms with Gasteiger partial charge in [0.2, 0.25) is 11.7 Å². The van der Waals surface area contributed by atoms with Gasteiger partial charge in [-0.2, -0.15) is 10.1 Å². The minimum Gasteiger partial charge on any atom is -0.339 e. The second-order valence-electron chi connectivity index (χ2n) is 6.60. The van der Waals surface area contributed by atoms with Gasteiger partial charge >= 0.3 is 0 Å². The van der Waals surface area contributed by atoms with Gasteiger partial charge in [0.15, 0.2) is 5.65 Å². The van der Waals surface area contributed by atoms with Crippen LogP contribution in [0.5, 0.6) is 0 Å². The van der Waals surface area contributed by atoms with E-state index in [1.54, 1.807) is 6.20 Å². The van der Waals surface area contributed by atoms with Crippen molar-refractivity contribution in [3.05, 3.63) is 29.5 Å². The van der Waals surface area contributed by atoms with E-state index in [2.05, 4.69) is 25.5 Å². The minimum atomic E-state index is 0.573. The van der Waals surface area contributed by atoms with Gasteiger partial charge in [-0.15, -0.1) is 0 Å². The molecule has 3 aromatic rings.